The van der Waals surface area contributed by atoms with Crippen molar-refractivity contribution >= 4 is 5.91 Å². The van der Waals surface area contributed by atoms with E-state index in [1.54, 1.807) is 13.3 Å². The predicted molar refractivity (Wildman–Crippen MR) is 99.2 cm³/mol. The van der Waals surface area contributed by atoms with Crippen molar-refractivity contribution in [3.8, 4) is 0 Å². The molecule has 0 bridgehead atoms. The summed E-state index contributed by atoms with van der Waals surface area (Å²) >= 11 is 0. The Morgan fingerprint density at radius 1 is 1.38 bits per heavy atom. The van der Waals surface area contributed by atoms with Gasteiger partial charge in [0.15, 0.2) is 5.82 Å². The Kier molecular flexibility index (Phi) is 7.05. The number of piperidine rings is 1. The van der Waals surface area contributed by atoms with E-state index >= 15 is 0 Å². The zero-order valence-electron chi connectivity index (χ0n) is 16.1. The van der Waals surface area contributed by atoms with Gasteiger partial charge >= 0.3 is 0 Å². The summed E-state index contributed by atoms with van der Waals surface area (Å²) in [5.74, 6) is 0.976. The number of H-pyrrole nitrogens is 1. The number of carbonyl (C=O) groups is 1. The van der Waals surface area contributed by atoms with Gasteiger partial charge in [-0.05, 0) is 51.6 Å². The molecule has 0 saturated carbocycles. The molecule has 0 aliphatic carbocycles. The SMILES string of the molecule is COCCN1CCC(CN(CC2CCCO2)C(=O)c2ncc(C)[nH]2)CC1. The van der Waals surface area contributed by atoms with E-state index in [4.69, 9.17) is 9.47 Å². The summed E-state index contributed by atoms with van der Waals surface area (Å²) < 4.78 is 11.0. The van der Waals surface area contributed by atoms with Gasteiger partial charge in [-0.3, -0.25) is 4.79 Å². The van der Waals surface area contributed by atoms with E-state index in [1.807, 2.05) is 11.8 Å². The van der Waals surface area contributed by atoms with Gasteiger partial charge in [0.1, 0.15) is 0 Å². The van der Waals surface area contributed by atoms with Crippen LogP contribution >= 0.6 is 0 Å². The Labute approximate surface area is 156 Å². The maximum absolute atomic E-state index is 13.0. The molecule has 0 spiro atoms. The molecule has 1 aromatic heterocycles. The fraction of sp³-hybridized carbons (Fsp3) is 0.789. The minimum absolute atomic E-state index is 0.00425. The quantitative estimate of drug-likeness (QED) is 0.760. The molecular formula is C19H32N4O3. The van der Waals surface area contributed by atoms with Crippen molar-refractivity contribution in [1.29, 1.82) is 0 Å². The molecule has 1 amide bonds. The highest BCUT2D eigenvalue weighted by Crippen LogP contribution is 2.21. The second-order valence-corrected chi connectivity index (χ2v) is 7.54. The van der Waals surface area contributed by atoms with Crippen LogP contribution in [0.2, 0.25) is 0 Å². The van der Waals surface area contributed by atoms with Gasteiger partial charge in [-0.2, -0.15) is 0 Å². The van der Waals surface area contributed by atoms with E-state index < -0.39 is 0 Å². The first-order chi connectivity index (χ1) is 12.7. The van der Waals surface area contributed by atoms with Gasteiger partial charge in [-0.1, -0.05) is 0 Å². The normalized spacial score (nSPS) is 22.0. The Hall–Kier alpha value is -1.44. The largest absolute Gasteiger partial charge is 0.383 e. The average Bonchev–Trinajstić information content (AvgIpc) is 3.31. The monoisotopic (exact) mass is 364 g/mol. The summed E-state index contributed by atoms with van der Waals surface area (Å²) in [5.41, 5.74) is 0.914. The predicted octanol–water partition coefficient (Wildman–Crippen LogP) is 1.70. The average molecular weight is 364 g/mol. The molecule has 1 aromatic rings. The number of aromatic amines is 1. The third-order valence-corrected chi connectivity index (χ3v) is 5.44. The van der Waals surface area contributed by atoms with E-state index in [0.717, 1.165) is 70.8 Å². The van der Waals surface area contributed by atoms with Gasteiger partial charge < -0.3 is 24.3 Å². The molecule has 0 radical (unpaired) electrons. The number of hydrogen-bond acceptors (Lipinski definition) is 5. The third-order valence-electron chi connectivity index (χ3n) is 5.44. The van der Waals surface area contributed by atoms with Crippen molar-refractivity contribution in [3.63, 3.8) is 0 Å². The standard InChI is InChI=1S/C19H32N4O3/c1-15-12-20-18(21-15)19(24)23(14-17-4-3-10-26-17)13-16-5-7-22(8-6-16)9-11-25-2/h12,16-17H,3-11,13-14H2,1-2H3,(H,20,21). The highest BCUT2D eigenvalue weighted by molar-refractivity contribution is 5.90. The number of carbonyl (C=O) groups excluding carboxylic acids is 1. The molecule has 7 nitrogen and oxygen atoms in total. The number of rotatable bonds is 8. The van der Waals surface area contributed by atoms with E-state index in [9.17, 15) is 4.79 Å². The lowest BCUT2D eigenvalue weighted by Gasteiger charge is -2.35. The van der Waals surface area contributed by atoms with Crippen molar-refractivity contribution in [2.75, 3.05) is 53.0 Å². The zero-order valence-corrected chi connectivity index (χ0v) is 16.1. The van der Waals surface area contributed by atoms with Crippen molar-refractivity contribution in [1.82, 2.24) is 19.8 Å². The smallest absolute Gasteiger partial charge is 0.289 e. The molecule has 1 atom stereocenters. The molecule has 7 heteroatoms. The van der Waals surface area contributed by atoms with Crippen molar-refractivity contribution < 1.29 is 14.3 Å². The summed E-state index contributed by atoms with van der Waals surface area (Å²) in [4.78, 5) is 24.7. The first-order valence-electron chi connectivity index (χ1n) is 9.79. The lowest BCUT2D eigenvalue weighted by atomic mass is 9.96. The minimum atomic E-state index is -0.00425. The zero-order chi connectivity index (χ0) is 18.4. The maximum atomic E-state index is 13.0. The van der Waals surface area contributed by atoms with Crippen molar-refractivity contribution in [2.45, 2.75) is 38.7 Å². The van der Waals surface area contributed by atoms with Crippen LogP contribution in [0.3, 0.4) is 0 Å². The van der Waals surface area contributed by atoms with Crippen LogP contribution in [0.4, 0.5) is 0 Å². The van der Waals surface area contributed by atoms with E-state index in [1.165, 1.54) is 0 Å². The van der Waals surface area contributed by atoms with Crippen LogP contribution in [0.5, 0.6) is 0 Å². The first-order valence-corrected chi connectivity index (χ1v) is 9.79. The number of nitrogens with zero attached hydrogens (tertiary/aromatic N) is 3. The number of hydrogen-bond donors (Lipinski definition) is 1. The number of likely N-dealkylation sites (tertiary alicyclic amines) is 1. The minimum Gasteiger partial charge on any atom is -0.383 e. The fourth-order valence-electron chi connectivity index (χ4n) is 3.87. The molecule has 26 heavy (non-hydrogen) atoms. The first kappa shape index (κ1) is 19.3. The van der Waals surface area contributed by atoms with Gasteiger partial charge in [0, 0.05) is 45.2 Å². The van der Waals surface area contributed by atoms with Crippen molar-refractivity contribution in [3.05, 3.63) is 17.7 Å². The molecule has 3 heterocycles. The number of methoxy groups -OCH3 is 1. The molecule has 2 saturated heterocycles. The Bertz CT molecular complexity index is 563. The Balaban J connectivity index is 1.57. The molecule has 146 valence electrons. The summed E-state index contributed by atoms with van der Waals surface area (Å²) in [6.45, 7) is 8.12. The number of ether oxygens (including phenoxy) is 2. The van der Waals surface area contributed by atoms with Crippen LogP contribution in [0.25, 0.3) is 0 Å². The van der Waals surface area contributed by atoms with Crippen LogP contribution in [0, 0.1) is 12.8 Å². The molecule has 0 aromatic carbocycles. The highest BCUT2D eigenvalue weighted by Gasteiger charge is 2.28. The molecule has 3 rings (SSSR count). The summed E-state index contributed by atoms with van der Waals surface area (Å²) in [6.07, 6.45) is 6.25. The van der Waals surface area contributed by atoms with Gasteiger partial charge in [0.2, 0.25) is 0 Å². The lowest BCUT2D eigenvalue weighted by molar-refractivity contribution is 0.0429. The fourth-order valence-corrected chi connectivity index (χ4v) is 3.87. The summed E-state index contributed by atoms with van der Waals surface area (Å²) in [6, 6.07) is 0. The summed E-state index contributed by atoms with van der Waals surface area (Å²) in [5, 5.41) is 0. The summed E-state index contributed by atoms with van der Waals surface area (Å²) in [7, 11) is 1.75. The molecule has 1 unspecified atom stereocenters. The maximum Gasteiger partial charge on any atom is 0.289 e. The molecule has 2 aliphatic heterocycles. The third kappa shape index (κ3) is 5.28. The van der Waals surface area contributed by atoms with E-state index in [0.29, 0.717) is 18.3 Å². The Morgan fingerprint density at radius 2 is 2.19 bits per heavy atom. The number of aryl methyl sites for hydroxylation is 1. The number of imidazole rings is 1. The molecule has 2 aliphatic rings. The van der Waals surface area contributed by atoms with E-state index in [-0.39, 0.29) is 12.0 Å². The molecular weight excluding hydrogens is 332 g/mol. The topological polar surface area (TPSA) is 70.7 Å². The lowest BCUT2D eigenvalue weighted by Crippen LogP contribution is -2.44. The van der Waals surface area contributed by atoms with Gasteiger partial charge in [-0.25, -0.2) is 4.98 Å². The van der Waals surface area contributed by atoms with Gasteiger partial charge in [0.05, 0.1) is 12.7 Å². The number of aromatic nitrogens is 2. The second-order valence-electron chi connectivity index (χ2n) is 7.54. The van der Waals surface area contributed by atoms with Gasteiger partial charge in [-0.15, -0.1) is 0 Å². The number of amides is 1. The molecule has 2 fully saturated rings. The second kappa shape index (κ2) is 9.48. The van der Waals surface area contributed by atoms with Crippen molar-refractivity contribution in [2.24, 2.45) is 5.92 Å². The van der Waals surface area contributed by atoms with Gasteiger partial charge in [0.25, 0.3) is 5.91 Å². The van der Waals surface area contributed by atoms with Crippen LogP contribution in [0.1, 0.15) is 42.0 Å². The Morgan fingerprint density at radius 3 is 2.81 bits per heavy atom. The van der Waals surface area contributed by atoms with Crippen LogP contribution in [-0.2, 0) is 9.47 Å². The van der Waals surface area contributed by atoms with Crippen LogP contribution in [-0.4, -0.2) is 84.8 Å². The van der Waals surface area contributed by atoms with Crippen LogP contribution in [0.15, 0.2) is 6.20 Å². The number of nitrogens with one attached hydrogen (secondary N) is 1. The highest BCUT2D eigenvalue weighted by atomic mass is 16.5. The van der Waals surface area contributed by atoms with Crippen LogP contribution < -0.4 is 0 Å². The van der Waals surface area contributed by atoms with E-state index in [2.05, 4.69) is 14.9 Å². The molecule has 1 N–H and O–H groups in total.